The first-order chi connectivity index (χ1) is 6.37. The zero-order valence-corrected chi connectivity index (χ0v) is 7.04. The molecule has 0 fully saturated rings. The highest BCUT2D eigenvalue weighted by atomic mass is 19.2. The van der Waals surface area contributed by atoms with Gasteiger partial charge in [-0.3, -0.25) is 0 Å². The molecule has 1 aromatic rings. The van der Waals surface area contributed by atoms with Crippen LogP contribution in [-0.2, 0) is 0 Å². The maximum atomic E-state index is 12.9. The van der Waals surface area contributed by atoms with Gasteiger partial charge in [-0.05, 0) is 6.92 Å². The third-order valence-corrected chi connectivity index (χ3v) is 1.70. The lowest BCUT2D eigenvalue weighted by Crippen LogP contribution is -2.15. The Morgan fingerprint density at radius 1 is 0.786 bits per heavy atom. The second-order valence-corrected chi connectivity index (χ2v) is 2.77. The molecular formula is C8H6F5N. The molecule has 0 radical (unpaired) electrons. The number of hydrogen-bond donors (Lipinski definition) is 1. The predicted octanol–water partition coefficient (Wildman–Crippen LogP) is 2.40. The smallest absolute Gasteiger partial charge is 0.200 e. The summed E-state index contributed by atoms with van der Waals surface area (Å²) in [5, 5.41) is 0. The molecule has 0 bridgehead atoms. The Morgan fingerprint density at radius 2 is 1.07 bits per heavy atom. The van der Waals surface area contributed by atoms with E-state index in [1.54, 1.807) is 0 Å². The minimum atomic E-state index is -2.18. The maximum Gasteiger partial charge on any atom is 0.200 e. The fourth-order valence-electron chi connectivity index (χ4n) is 1.02. The predicted molar refractivity (Wildman–Crippen MR) is 38.8 cm³/mol. The highest BCUT2D eigenvalue weighted by Gasteiger charge is 2.26. The second kappa shape index (κ2) is 3.53. The summed E-state index contributed by atoms with van der Waals surface area (Å²) in [5.74, 6) is -9.88. The molecule has 0 saturated heterocycles. The van der Waals surface area contributed by atoms with E-state index in [9.17, 15) is 22.0 Å². The summed E-state index contributed by atoms with van der Waals surface area (Å²) in [7, 11) is 0. The van der Waals surface area contributed by atoms with Crippen molar-refractivity contribution >= 4 is 0 Å². The molecule has 0 aliphatic heterocycles. The zero-order chi connectivity index (χ0) is 11.0. The summed E-state index contributed by atoms with van der Waals surface area (Å²) in [5.41, 5.74) is 4.07. The number of nitrogens with two attached hydrogens (primary N) is 1. The lowest BCUT2D eigenvalue weighted by atomic mass is 10.1. The van der Waals surface area contributed by atoms with Gasteiger partial charge in [0.05, 0.1) is 0 Å². The van der Waals surface area contributed by atoms with E-state index in [1.807, 2.05) is 0 Å². The van der Waals surface area contributed by atoms with Crippen LogP contribution in [0.4, 0.5) is 22.0 Å². The van der Waals surface area contributed by atoms with Gasteiger partial charge >= 0.3 is 0 Å². The molecule has 1 atom stereocenters. The molecule has 0 saturated carbocycles. The summed E-state index contributed by atoms with van der Waals surface area (Å²) < 4.78 is 63.3. The average molecular weight is 211 g/mol. The number of halogens is 5. The molecule has 0 aromatic heterocycles. The van der Waals surface area contributed by atoms with Gasteiger partial charge in [0, 0.05) is 11.6 Å². The Labute approximate surface area is 76.3 Å². The Morgan fingerprint density at radius 3 is 1.36 bits per heavy atom. The normalized spacial score (nSPS) is 13.1. The van der Waals surface area contributed by atoms with Crippen LogP contribution in [0.5, 0.6) is 0 Å². The Balaban J connectivity index is 3.60. The van der Waals surface area contributed by atoms with Gasteiger partial charge in [-0.1, -0.05) is 0 Å². The van der Waals surface area contributed by atoms with E-state index in [4.69, 9.17) is 5.73 Å². The zero-order valence-electron chi connectivity index (χ0n) is 7.04. The minimum Gasteiger partial charge on any atom is -0.324 e. The van der Waals surface area contributed by atoms with Gasteiger partial charge in [0.25, 0.3) is 0 Å². The summed E-state index contributed by atoms with van der Waals surface area (Å²) in [6.45, 7) is 1.12. The van der Waals surface area contributed by atoms with Crippen molar-refractivity contribution in [2.24, 2.45) is 5.73 Å². The van der Waals surface area contributed by atoms with Crippen molar-refractivity contribution in [3.8, 4) is 0 Å². The van der Waals surface area contributed by atoms with Crippen molar-refractivity contribution in [1.29, 1.82) is 0 Å². The molecule has 0 aliphatic rings. The third-order valence-electron chi connectivity index (χ3n) is 1.70. The summed E-state index contributed by atoms with van der Waals surface area (Å²) >= 11 is 0. The van der Waals surface area contributed by atoms with Crippen LogP contribution in [0.2, 0.25) is 0 Å². The molecule has 78 valence electrons. The van der Waals surface area contributed by atoms with Crippen LogP contribution in [-0.4, -0.2) is 0 Å². The van der Waals surface area contributed by atoms with Crippen LogP contribution >= 0.6 is 0 Å². The SMILES string of the molecule is C[C@H](N)c1c(F)c(F)c(F)c(F)c1F. The molecule has 1 rings (SSSR count). The van der Waals surface area contributed by atoms with Gasteiger partial charge < -0.3 is 5.73 Å². The van der Waals surface area contributed by atoms with Crippen LogP contribution in [0.3, 0.4) is 0 Å². The monoisotopic (exact) mass is 211 g/mol. The summed E-state index contributed by atoms with van der Waals surface area (Å²) in [6, 6.07) is -1.26. The van der Waals surface area contributed by atoms with Crippen LogP contribution in [0.1, 0.15) is 18.5 Å². The van der Waals surface area contributed by atoms with E-state index >= 15 is 0 Å². The molecule has 2 N–H and O–H groups in total. The third kappa shape index (κ3) is 1.45. The van der Waals surface area contributed by atoms with Crippen LogP contribution in [0, 0.1) is 29.1 Å². The van der Waals surface area contributed by atoms with E-state index in [2.05, 4.69) is 0 Å². The van der Waals surface area contributed by atoms with E-state index in [0.29, 0.717) is 0 Å². The van der Waals surface area contributed by atoms with Crippen molar-refractivity contribution in [2.45, 2.75) is 13.0 Å². The maximum absolute atomic E-state index is 12.9. The lowest BCUT2D eigenvalue weighted by Gasteiger charge is -2.10. The molecule has 0 unspecified atom stereocenters. The molecule has 1 aromatic carbocycles. The Hall–Kier alpha value is -1.17. The first-order valence-electron chi connectivity index (χ1n) is 3.64. The van der Waals surface area contributed by atoms with E-state index in [-0.39, 0.29) is 0 Å². The van der Waals surface area contributed by atoms with Gasteiger partial charge in [-0.2, -0.15) is 0 Å². The minimum absolute atomic E-state index is 0.999. The molecular weight excluding hydrogens is 205 g/mol. The lowest BCUT2D eigenvalue weighted by molar-refractivity contribution is 0.366. The van der Waals surface area contributed by atoms with Crippen molar-refractivity contribution in [1.82, 2.24) is 0 Å². The van der Waals surface area contributed by atoms with Gasteiger partial charge in [0.15, 0.2) is 23.3 Å². The van der Waals surface area contributed by atoms with Crippen LogP contribution in [0.25, 0.3) is 0 Å². The average Bonchev–Trinajstić information content (AvgIpc) is 2.11. The molecule has 0 heterocycles. The summed E-state index contributed by atoms with van der Waals surface area (Å²) in [4.78, 5) is 0. The molecule has 6 heteroatoms. The van der Waals surface area contributed by atoms with Gasteiger partial charge in [-0.25, -0.2) is 22.0 Å². The number of hydrogen-bond acceptors (Lipinski definition) is 1. The topological polar surface area (TPSA) is 26.0 Å². The highest BCUT2D eigenvalue weighted by molar-refractivity contribution is 5.26. The van der Waals surface area contributed by atoms with Crippen molar-refractivity contribution < 1.29 is 22.0 Å². The first kappa shape index (κ1) is 10.9. The molecule has 1 nitrogen and oxygen atoms in total. The fourth-order valence-corrected chi connectivity index (χ4v) is 1.02. The Kier molecular flexibility index (Phi) is 2.75. The fraction of sp³-hybridized carbons (Fsp3) is 0.250. The van der Waals surface area contributed by atoms with E-state index in [0.717, 1.165) is 6.92 Å². The van der Waals surface area contributed by atoms with Crippen molar-refractivity contribution in [3.63, 3.8) is 0 Å². The highest BCUT2D eigenvalue weighted by Crippen LogP contribution is 2.26. The number of rotatable bonds is 1. The van der Waals surface area contributed by atoms with Crippen LogP contribution in [0.15, 0.2) is 0 Å². The molecule has 14 heavy (non-hydrogen) atoms. The largest absolute Gasteiger partial charge is 0.324 e. The molecule has 0 amide bonds. The quantitative estimate of drug-likeness (QED) is 0.431. The van der Waals surface area contributed by atoms with Gasteiger partial charge in [0.2, 0.25) is 5.82 Å². The summed E-state index contributed by atoms with van der Waals surface area (Å²) in [6.07, 6.45) is 0. The van der Waals surface area contributed by atoms with Gasteiger partial charge in [0.1, 0.15) is 0 Å². The van der Waals surface area contributed by atoms with E-state index in [1.165, 1.54) is 0 Å². The van der Waals surface area contributed by atoms with Crippen LogP contribution < -0.4 is 5.73 Å². The second-order valence-electron chi connectivity index (χ2n) is 2.77. The number of benzene rings is 1. The molecule has 0 aliphatic carbocycles. The first-order valence-corrected chi connectivity index (χ1v) is 3.64. The Bertz CT molecular complexity index is 345. The standard InChI is InChI=1S/C8H6F5N/c1-2(14)3-4(9)6(11)8(13)7(12)5(3)10/h2H,14H2,1H3/t2-/m0/s1. The molecule has 0 spiro atoms. The van der Waals surface area contributed by atoms with Gasteiger partial charge in [-0.15, -0.1) is 0 Å². The van der Waals surface area contributed by atoms with E-state index < -0.39 is 40.7 Å². The van der Waals surface area contributed by atoms with Crippen molar-refractivity contribution in [2.75, 3.05) is 0 Å². The van der Waals surface area contributed by atoms with Crippen molar-refractivity contribution in [3.05, 3.63) is 34.6 Å².